The lowest BCUT2D eigenvalue weighted by Gasteiger charge is -2.25. The van der Waals surface area contributed by atoms with Gasteiger partial charge in [-0.3, -0.25) is 24.0 Å². The van der Waals surface area contributed by atoms with E-state index in [-0.39, 0.29) is 0 Å². The Morgan fingerprint density at radius 1 is 0.938 bits per heavy atom. The molecule has 0 bridgehead atoms. The van der Waals surface area contributed by atoms with Crippen LogP contribution in [0.25, 0.3) is 0 Å². The van der Waals surface area contributed by atoms with Crippen molar-refractivity contribution in [1.29, 1.82) is 0 Å². The van der Waals surface area contributed by atoms with Gasteiger partial charge in [-0.25, -0.2) is 4.79 Å². The third kappa shape index (κ3) is 8.85. The Labute approximate surface area is 182 Å². The van der Waals surface area contributed by atoms with Crippen LogP contribution in [-0.2, 0) is 28.8 Å². The second kappa shape index (κ2) is 12.6. The summed E-state index contributed by atoms with van der Waals surface area (Å²) in [5, 5.41) is 45.9. The molecular formula is C18H28N4O10. The molecule has 1 saturated heterocycles. The van der Waals surface area contributed by atoms with Gasteiger partial charge in [0.15, 0.2) is 6.04 Å². The molecule has 5 unspecified atom stereocenters. The van der Waals surface area contributed by atoms with Crippen molar-refractivity contribution in [3.8, 4) is 0 Å². The quantitative estimate of drug-likeness (QED) is 0.138. The number of aliphatic hydroxyl groups excluding tert-OH is 1. The summed E-state index contributed by atoms with van der Waals surface area (Å²) < 4.78 is 0. The predicted molar refractivity (Wildman–Crippen MR) is 105 cm³/mol. The molecule has 3 amide bonds. The molecule has 14 nitrogen and oxygen atoms in total. The van der Waals surface area contributed by atoms with E-state index in [9.17, 15) is 33.9 Å². The molecule has 0 aromatic rings. The summed E-state index contributed by atoms with van der Waals surface area (Å²) in [6.07, 6.45) is -2.11. The summed E-state index contributed by atoms with van der Waals surface area (Å²) >= 11 is 0. The van der Waals surface area contributed by atoms with Crippen molar-refractivity contribution < 1.29 is 49.2 Å². The molecule has 0 aromatic carbocycles. The number of carboxylic acids is 3. The van der Waals surface area contributed by atoms with Crippen LogP contribution < -0.4 is 21.3 Å². The number of aliphatic carboxylic acids is 3. The average molecular weight is 460 g/mol. The molecule has 1 aliphatic heterocycles. The van der Waals surface area contributed by atoms with E-state index in [0.717, 1.165) is 13.3 Å². The highest BCUT2D eigenvalue weighted by Crippen LogP contribution is 2.07. The predicted octanol–water partition coefficient (Wildman–Crippen LogP) is -3.00. The van der Waals surface area contributed by atoms with Crippen LogP contribution in [0.2, 0.25) is 0 Å². The summed E-state index contributed by atoms with van der Waals surface area (Å²) in [6, 6.07) is -5.45. The van der Waals surface area contributed by atoms with Gasteiger partial charge in [0.05, 0.1) is 18.6 Å². The van der Waals surface area contributed by atoms with Gasteiger partial charge in [-0.05, 0) is 32.7 Å². The first-order chi connectivity index (χ1) is 14.9. The van der Waals surface area contributed by atoms with Crippen molar-refractivity contribution in [2.24, 2.45) is 0 Å². The fraction of sp³-hybridized carbons (Fsp3) is 0.667. The molecule has 0 spiro atoms. The number of carbonyl (C=O) groups excluding carboxylic acids is 3. The smallest absolute Gasteiger partial charge is 0.328 e. The Hall–Kier alpha value is -3.26. The minimum Gasteiger partial charge on any atom is -0.481 e. The van der Waals surface area contributed by atoms with E-state index >= 15 is 0 Å². The fourth-order valence-corrected chi connectivity index (χ4v) is 3.02. The van der Waals surface area contributed by atoms with E-state index in [2.05, 4.69) is 16.0 Å². The second-order valence-corrected chi connectivity index (χ2v) is 7.37. The Bertz CT molecular complexity index is 735. The summed E-state index contributed by atoms with van der Waals surface area (Å²) in [5.41, 5.74) is 0. The van der Waals surface area contributed by atoms with Gasteiger partial charge in [-0.2, -0.15) is 0 Å². The van der Waals surface area contributed by atoms with Crippen LogP contribution in [0.4, 0.5) is 0 Å². The number of hydrogen-bond donors (Lipinski definition) is 8. The zero-order valence-corrected chi connectivity index (χ0v) is 17.4. The van der Waals surface area contributed by atoms with Gasteiger partial charge in [0.2, 0.25) is 17.7 Å². The van der Waals surface area contributed by atoms with Gasteiger partial charge in [-0.15, -0.1) is 0 Å². The summed E-state index contributed by atoms with van der Waals surface area (Å²) in [7, 11) is 0. The minimum atomic E-state index is -1.73. The molecular weight excluding hydrogens is 432 g/mol. The highest BCUT2D eigenvalue weighted by molar-refractivity contribution is 5.95. The Kier molecular flexibility index (Phi) is 10.5. The van der Waals surface area contributed by atoms with E-state index in [1.54, 1.807) is 0 Å². The van der Waals surface area contributed by atoms with Crippen LogP contribution in [0.15, 0.2) is 0 Å². The van der Waals surface area contributed by atoms with Crippen LogP contribution in [0.3, 0.4) is 0 Å². The molecule has 0 aromatic heterocycles. The monoisotopic (exact) mass is 460 g/mol. The molecule has 1 aliphatic rings. The lowest BCUT2D eigenvalue weighted by Crippen LogP contribution is -2.58. The van der Waals surface area contributed by atoms with Gasteiger partial charge < -0.3 is 41.7 Å². The third-order valence-corrected chi connectivity index (χ3v) is 4.71. The largest absolute Gasteiger partial charge is 0.481 e. The fourth-order valence-electron chi connectivity index (χ4n) is 3.02. The molecule has 0 aliphatic carbocycles. The van der Waals surface area contributed by atoms with Crippen molar-refractivity contribution in [1.82, 2.24) is 21.3 Å². The van der Waals surface area contributed by atoms with Crippen molar-refractivity contribution >= 4 is 35.6 Å². The lowest BCUT2D eigenvalue weighted by molar-refractivity contribution is -0.146. The Morgan fingerprint density at radius 3 is 2.03 bits per heavy atom. The SMILES string of the molecule is CC(O)C(NC(=O)C(CCC(=O)O)NC(=O)C(CC(=O)O)NC(=O)C1CCCN1)C(=O)O. The van der Waals surface area contributed by atoms with Crippen molar-refractivity contribution in [3.63, 3.8) is 0 Å². The number of rotatable bonds is 13. The normalized spacial score (nSPS) is 19.1. The molecule has 32 heavy (non-hydrogen) atoms. The molecule has 0 saturated carbocycles. The third-order valence-electron chi connectivity index (χ3n) is 4.71. The number of carboxylic acid groups (broad SMARTS) is 3. The van der Waals surface area contributed by atoms with E-state index < -0.39 is 85.2 Å². The van der Waals surface area contributed by atoms with E-state index in [0.29, 0.717) is 13.0 Å². The molecule has 1 fully saturated rings. The van der Waals surface area contributed by atoms with Gasteiger partial charge in [0, 0.05) is 6.42 Å². The van der Waals surface area contributed by atoms with E-state index in [1.807, 2.05) is 5.32 Å². The van der Waals surface area contributed by atoms with Crippen LogP contribution in [0.1, 0.15) is 39.0 Å². The highest BCUT2D eigenvalue weighted by Gasteiger charge is 2.33. The molecule has 8 N–H and O–H groups in total. The van der Waals surface area contributed by atoms with Gasteiger partial charge >= 0.3 is 17.9 Å². The van der Waals surface area contributed by atoms with Crippen LogP contribution in [-0.4, -0.2) is 92.9 Å². The summed E-state index contributed by atoms with van der Waals surface area (Å²) in [6.45, 7) is 1.69. The molecule has 14 heteroatoms. The number of nitrogens with one attached hydrogen (secondary N) is 4. The van der Waals surface area contributed by atoms with Crippen LogP contribution >= 0.6 is 0 Å². The average Bonchev–Trinajstić information content (AvgIpc) is 3.22. The zero-order chi connectivity index (χ0) is 24.4. The number of hydrogen-bond acceptors (Lipinski definition) is 8. The zero-order valence-electron chi connectivity index (χ0n) is 17.4. The Morgan fingerprint density at radius 2 is 1.56 bits per heavy atom. The van der Waals surface area contributed by atoms with E-state index in [1.165, 1.54) is 0 Å². The molecule has 1 heterocycles. The second-order valence-electron chi connectivity index (χ2n) is 7.37. The van der Waals surface area contributed by atoms with Crippen molar-refractivity contribution in [2.75, 3.05) is 6.54 Å². The van der Waals surface area contributed by atoms with Gasteiger partial charge in [0.1, 0.15) is 12.1 Å². The number of carbonyl (C=O) groups is 6. The van der Waals surface area contributed by atoms with Gasteiger partial charge in [0.25, 0.3) is 0 Å². The highest BCUT2D eigenvalue weighted by atomic mass is 16.4. The number of aliphatic hydroxyl groups is 1. The van der Waals surface area contributed by atoms with Gasteiger partial charge in [-0.1, -0.05) is 0 Å². The lowest BCUT2D eigenvalue weighted by atomic mass is 10.1. The van der Waals surface area contributed by atoms with Crippen molar-refractivity contribution in [2.45, 2.75) is 69.3 Å². The maximum absolute atomic E-state index is 12.6. The summed E-state index contributed by atoms with van der Waals surface area (Å²) in [5.74, 6) is -7.02. The number of amides is 3. The molecule has 180 valence electrons. The maximum atomic E-state index is 12.6. The van der Waals surface area contributed by atoms with Crippen LogP contribution in [0, 0.1) is 0 Å². The topological polar surface area (TPSA) is 231 Å². The molecule has 5 atom stereocenters. The van der Waals surface area contributed by atoms with Crippen molar-refractivity contribution in [3.05, 3.63) is 0 Å². The first kappa shape index (κ1) is 26.8. The minimum absolute atomic E-state index is 0.447. The summed E-state index contributed by atoms with van der Waals surface area (Å²) in [4.78, 5) is 70.6. The van der Waals surface area contributed by atoms with Crippen LogP contribution in [0.5, 0.6) is 0 Å². The van der Waals surface area contributed by atoms with E-state index in [4.69, 9.17) is 15.3 Å². The molecule has 1 rings (SSSR count). The standard InChI is InChI=1S/C18H28N4O10/c1-8(23)14(18(31)32)22-16(29)10(4-5-12(24)25)20-17(30)11(7-13(26)27)21-15(28)9-3-2-6-19-9/h8-11,14,19,23H,2-7H2,1H3,(H,20,30)(H,21,28)(H,22,29)(H,24,25)(H,26,27)(H,31,32). The first-order valence-electron chi connectivity index (χ1n) is 9.91. The first-order valence-corrected chi connectivity index (χ1v) is 9.91. The molecule has 0 radical (unpaired) electrons. The Balaban J connectivity index is 2.96. The maximum Gasteiger partial charge on any atom is 0.328 e.